The summed E-state index contributed by atoms with van der Waals surface area (Å²) in [4.78, 5) is 10.9. The van der Waals surface area contributed by atoms with Crippen LogP contribution in [0.15, 0.2) is 0 Å². The third-order valence-electron chi connectivity index (χ3n) is 2.94. The van der Waals surface area contributed by atoms with Crippen molar-refractivity contribution in [3.8, 4) is 0 Å². The maximum absolute atomic E-state index is 10.9. The van der Waals surface area contributed by atoms with E-state index in [0.29, 0.717) is 0 Å². The minimum absolute atomic E-state index is 0.363. The lowest BCUT2D eigenvalue weighted by Crippen LogP contribution is -2.32. The zero-order valence-electron chi connectivity index (χ0n) is 7.10. The summed E-state index contributed by atoms with van der Waals surface area (Å²) in [5, 5.41) is 8.99. The fraction of sp³-hybridized carbons (Fsp3) is 0.889. The predicted octanol–water partition coefficient (Wildman–Crippen LogP) is 2.43. The average molecular weight is 156 g/mol. The standard InChI is InChI=1S/C9H16O2/c1-2-9(8(10)11)6-4-3-5-7-9/h2-7H2,1H3,(H,10,11). The van der Waals surface area contributed by atoms with Gasteiger partial charge in [-0.3, -0.25) is 4.79 Å². The first-order chi connectivity index (χ1) is 5.21. The number of carboxylic acid groups (broad SMARTS) is 1. The lowest BCUT2D eigenvalue weighted by molar-refractivity contribution is -0.151. The molecule has 0 aliphatic heterocycles. The molecule has 0 spiro atoms. The molecule has 0 atom stereocenters. The van der Waals surface area contributed by atoms with E-state index in [9.17, 15) is 4.79 Å². The van der Waals surface area contributed by atoms with E-state index in [0.717, 1.165) is 32.1 Å². The molecule has 0 radical (unpaired) electrons. The first kappa shape index (κ1) is 8.57. The molecule has 0 aromatic rings. The topological polar surface area (TPSA) is 37.3 Å². The molecular formula is C9H16O2. The molecule has 2 heteroatoms. The molecule has 2 nitrogen and oxygen atoms in total. The summed E-state index contributed by atoms with van der Waals surface area (Å²) in [6.07, 6.45) is 5.98. The highest BCUT2D eigenvalue weighted by atomic mass is 16.4. The second kappa shape index (κ2) is 3.24. The third kappa shape index (κ3) is 1.55. The van der Waals surface area contributed by atoms with E-state index in [-0.39, 0.29) is 5.41 Å². The Hall–Kier alpha value is -0.530. The number of hydrogen-bond acceptors (Lipinski definition) is 1. The third-order valence-corrected chi connectivity index (χ3v) is 2.94. The van der Waals surface area contributed by atoms with Gasteiger partial charge in [0.2, 0.25) is 0 Å². The summed E-state index contributed by atoms with van der Waals surface area (Å²) >= 11 is 0. The van der Waals surface area contributed by atoms with Crippen molar-refractivity contribution in [2.45, 2.75) is 45.4 Å². The molecule has 0 aromatic carbocycles. The molecule has 11 heavy (non-hydrogen) atoms. The van der Waals surface area contributed by atoms with Crippen LogP contribution in [0, 0.1) is 5.41 Å². The number of carbonyl (C=O) groups is 1. The second-order valence-electron chi connectivity index (χ2n) is 3.50. The molecule has 0 heterocycles. The smallest absolute Gasteiger partial charge is 0.309 e. The largest absolute Gasteiger partial charge is 0.481 e. The molecule has 1 aliphatic carbocycles. The van der Waals surface area contributed by atoms with E-state index in [2.05, 4.69) is 0 Å². The van der Waals surface area contributed by atoms with Crippen molar-refractivity contribution in [1.29, 1.82) is 0 Å². The van der Waals surface area contributed by atoms with Crippen LogP contribution in [0.2, 0.25) is 0 Å². The second-order valence-corrected chi connectivity index (χ2v) is 3.50. The Labute approximate surface area is 67.6 Å². The van der Waals surface area contributed by atoms with Gasteiger partial charge in [-0.2, -0.15) is 0 Å². The van der Waals surface area contributed by atoms with Gasteiger partial charge in [-0.25, -0.2) is 0 Å². The number of hydrogen-bond donors (Lipinski definition) is 1. The van der Waals surface area contributed by atoms with Gasteiger partial charge in [0, 0.05) is 0 Å². The normalized spacial score (nSPS) is 23.0. The van der Waals surface area contributed by atoms with Crippen LogP contribution in [0.4, 0.5) is 0 Å². The summed E-state index contributed by atoms with van der Waals surface area (Å²) in [6, 6.07) is 0. The van der Waals surface area contributed by atoms with Crippen molar-refractivity contribution in [2.75, 3.05) is 0 Å². The highest BCUT2D eigenvalue weighted by molar-refractivity contribution is 5.74. The van der Waals surface area contributed by atoms with Crippen molar-refractivity contribution in [3.05, 3.63) is 0 Å². The van der Waals surface area contributed by atoms with Gasteiger partial charge in [0.25, 0.3) is 0 Å². The van der Waals surface area contributed by atoms with Crippen LogP contribution in [0.5, 0.6) is 0 Å². The molecule has 1 aliphatic rings. The minimum atomic E-state index is -0.584. The van der Waals surface area contributed by atoms with Gasteiger partial charge in [-0.1, -0.05) is 26.2 Å². The molecule has 0 bridgehead atoms. The molecule has 1 rings (SSSR count). The molecule has 1 fully saturated rings. The summed E-state index contributed by atoms with van der Waals surface area (Å²) in [5.74, 6) is -0.584. The van der Waals surface area contributed by atoms with Gasteiger partial charge in [-0.05, 0) is 19.3 Å². The van der Waals surface area contributed by atoms with Gasteiger partial charge in [-0.15, -0.1) is 0 Å². The Morgan fingerprint density at radius 1 is 1.36 bits per heavy atom. The zero-order valence-corrected chi connectivity index (χ0v) is 7.10. The summed E-state index contributed by atoms with van der Waals surface area (Å²) in [7, 11) is 0. The predicted molar refractivity (Wildman–Crippen MR) is 43.4 cm³/mol. The van der Waals surface area contributed by atoms with Crippen LogP contribution in [-0.4, -0.2) is 11.1 Å². The summed E-state index contributed by atoms with van der Waals surface area (Å²) in [5.41, 5.74) is -0.363. The van der Waals surface area contributed by atoms with Crippen molar-refractivity contribution in [1.82, 2.24) is 0 Å². The minimum Gasteiger partial charge on any atom is -0.481 e. The van der Waals surface area contributed by atoms with Crippen LogP contribution in [0.25, 0.3) is 0 Å². The van der Waals surface area contributed by atoms with Crippen molar-refractivity contribution in [2.24, 2.45) is 5.41 Å². The van der Waals surface area contributed by atoms with E-state index >= 15 is 0 Å². The first-order valence-electron chi connectivity index (χ1n) is 4.45. The SMILES string of the molecule is CCC1(C(=O)O)CCCCC1. The Balaban J connectivity index is 2.64. The highest BCUT2D eigenvalue weighted by Gasteiger charge is 2.37. The Morgan fingerprint density at radius 3 is 2.18 bits per heavy atom. The molecule has 0 unspecified atom stereocenters. The Bertz CT molecular complexity index is 146. The molecule has 64 valence electrons. The number of rotatable bonds is 2. The van der Waals surface area contributed by atoms with Crippen LogP contribution >= 0.6 is 0 Å². The van der Waals surface area contributed by atoms with Gasteiger partial charge in [0.05, 0.1) is 5.41 Å². The van der Waals surface area contributed by atoms with E-state index in [1.165, 1.54) is 6.42 Å². The van der Waals surface area contributed by atoms with Gasteiger partial charge in [0.15, 0.2) is 0 Å². The van der Waals surface area contributed by atoms with Crippen LogP contribution in [-0.2, 0) is 4.79 Å². The lowest BCUT2D eigenvalue weighted by atomic mass is 9.72. The first-order valence-corrected chi connectivity index (χ1v) is 4.45. The number of carboxylic acids is 1. The summed E-state index contributed by atoms with van der Waals surface area (Å²) < 4.78 is 0. The molecule has 0 amide bonds. The van der Waals surface area contributed by atoms with Crippen LogP contribution in [0.3, 0.4) is 0 Å². The van der Waals surface area contributed by atoms with Gasteiger partial charge in [0.1, 0.15) is 0 Å². The molecular weight excluding hydrogens is 140 g/mol. The van der Waals surface area contributed by atoms with Gasteiger partial charge < -0.3 is 5.11 Å². The quantitative estimate of drug-likeness (QED) is 0.666. The monoisotopic (exact) mass is 156 g/mol. The number of aliphatic carboxylic acids is 1. The van der Waals surface area contributed by atoms with Gasteiger partial charge >= 0.3 is 5.97 Å². The molecule has 1 N–H and O–H groups in total. The maximum Gasteiger partial charge on any atom is 0.309 e. The molecule has 0 aromatic heterocycles. The lowest BCUT2D eigenvalue weighted by Gasteiger charge is -2.31. The summed E-state index contributed by atoms with van der Waals surface area (Å²) in [6.45, 7) is 1.99. The Kier molecular flexibility index (Phi) is 2.53. The maximum atomic E-state index is 10.9. The van der Waals surface area contributed by atoms with E-state index in [1.807, 2.05) is 6.92 Å². The fourth-order valence-electron chi connectivity index (χ4n) is 1.95. The van der Waals surface area contributed by atoms with Crippen molar-refractivity contribution in [3.63, 3.8) is 0 Å². The fourth-order valence-corrected chi connectivity index (χ4v) is 1.95. The highest BCUT2D eigenvalue weighted by Crippen LogP contribution is 2.39. The van der Waals surface area contributed by atoms with E-state index in [4.69, 9.17) is 5.11 Å². The molecule has 0 saturated heterocycles. The van der Waals surface area contributed by atoms with E-state index in [1.54, 1.807) is 0 Å². The van der Waals surface area contributed by atoms with Crippen LogP contribution < -0.4 is 0 Å². The zero-order chi connectivity index (χ0) is 8.32. The average Bonchev–Trinajstić information content (AvgIpc) is 2.05. The van der Waals surface area contributed by atoms with Crippen molar-refractivity contribution < 1.29 is 9.90 Å². The van der Waals surface area contributed by atoms with Crippen molar-refractivity contribution >= 4 is 5.97 Å². The van der Waals surface area contributed by atoms with Crippen LogP contribution in [0.1, 0.15) is 45.4 Å². The Morgan fingerprint density at radius 2 is 1.91 bits per heavy atom. The molecule has 1 saturated carbocycles. The van der Waals surface area contributed by atoms with E-state index < -0.39 is 5.97 Å².